The van der Waals surface area contributed by atoms with Crippen LogP contribution in [-0.4, -0.2) is 58.6 Å². The molecule has 0 spiro atoms. The van der Waals surface area contributed by atoms with Gasteiger partial charge < -0.3 is 15.5 Å². The molecule has 4 aliphatic rings. The van der Waals surface area contributed by atoms with E-state index in [1.54, 1.807) is 12.3 Å². The Kier molecular flexibility index (Phi) is 6.86. The zero-order valence-electron chi connectivity index (χ0n) is 22.6. The average molecular weight is 564 g/mol. The minimum absolute atomic E-state index is 0.0551. The lowest BCUT2D eigenvalue weighted by Gasteiger charge is -2.39. The van der Waals surface area contributed by atoms with E-state index in [4.69, 9.17) is 0 Å². The minimum atomic E-state index is -5.20. The lowest BCUT2D eigenvalue weighted by molar-refractivity contribution is -0.176. The van der Waals surface area contributed by atoms with Gasteiger partial charge in [-0.3, -0.25) is 19.4 Å². The highest BCUT2D eigenvalue weighted by molar-refractivity contribution is 5.94. The van der Waals surface area contributed by atoms with Gasteiger partial charge in [-0.1, -0.05) is 20.8 Å². The molecular weight excluding hydrogens is 530 g/mol. The number of carbonyl (C=O) groups excluding carboxylic acids is 3. The molecule has 1 aliphatic heterocycles. The Morgan fingerprint density at radius 1 is 1.20 bits per heavy atom. The van der Waals surface area contributed by atoms with Gasteiger partial charge in [-0.25, -0.2) is 4.39 Å². The molecule has 2 heterocycles. The van der Waals surface area contributed by atoms with E-state index in [2.05, 4.69) is 16.4 Å². The molecule has 0 aromatic carbocycles. The quantitative estimate of drug-likeness (QED) is 0.547. The molecule has 1 aromatic rings. The number of pyridine rings is 1. The maximum atomic E-state index is 15.0. The van der Waals surface area contributed by atoms with Crippen LogP contribution in [0, 0.1) is 40.4 Å². The van der Waals surface area contributed by atoms with Crippen LogP contribution in [0.25, 0.3) is 0 Å². The number of aromatic nitrogens is 1. The highest BCUT2D eigenvalue weighted by Crippen LogP contribution is 2.58. The van der Waals surface area contributed by atoms with Crippen molar-refractivity contribution in [2.75, 3.05) is 6.54 Å². The molecule has 5 rings (SSSR count). The number of hydrogen-bond acceptors (Lipinski definition) is 5. The summed E-state index contributed by atoms with van der Waals surface area (Å²) < 4.78 is 54.5. The summed E-state index contributed by atoms with van der Waals surface area (Å²) >= 11 is 0. The van der Waals surface area contributed by atoms with E-state index >= 15 is 0 Å². The van der Waals surface area contributed by atoms with Crippen molar-refractivity contribution in [3.05, 3.63) is 29.6 Å². The van der Waals surface area contributed by atoms with Crippen LogP contribution in [0.2, 0.25) is 0 Å². The van der Waals surface area contributed by atoms with E-state index in [1.165, 1.54) is 31.9 Å². The monoisotopic (exact) mass is 563 g/mol. The number of hydrogen-bond donors (Lipinski definition) is 2. The first-order valence-corrected chi connectivity index (χ1v) is 13.7. The smallest absolute Gasteiger partial charge is 0.336 e. The largest absolute Gasteiger partial charge is 0.471 e. The molecular formula is C28H33F4N5O3. The van der Waals surface area contributed by atoms with Crippen molar-refractivity contribution in [2.45, 2.75) is 82.8 Å². The maximum Gasteiger partial charge on any atom is 0.471 e. The molecule has 3 aliphatic carbocycles. The second kappa shape index (κ2) is 9.70. The molecule has 3 amide bonds. The van der Waals surface area contributed by atoms with Crippen LogP contribution in [0.15, 0.2) is 18.5 Å². The summed E-state index contributed by atoms with van der Waals surface area (Å²) in [4.78, 5) is 45.3. The highest BCUT2D eigenvalue weighted by atomic mass is 19.4. The number of likely N-dealkylation sites (tertiary alicyclic amines) is 1. The van der Waals surface area contributed by atoms with E-state index in [0.29, 0.717) is 37.7 Å². The summed E-state index contributed by atoms with van der Waals surface area (Å²) in [6.45, 7) is 4.64. The molecule has 216 valence electrons. The zero-order valence-corrected chi connectivity index (χ0v) is 22.6. The van der Waals surface area contributed by atoms with Gasteiger partial charge >= 0.3 is 12.1 Å². The fraction of sp³-hybridized carbons (Fsp3) is 0.679. The van der Waals surface area contributed by atoms with Crippen molar-refractivity contribution in [3.8, 4) is 6.07 Å². The molecule has 8 unspecified atom stereocenters. The number of rotatable bonds is 4. The number of amides is 3. The molecule has 3 fully saturated rings. The lowest BCUT2D eigenvalue weighted by atomic mass is 9.75. The number of nitrogens with one attached hydrogen (secondary N) is 2. The van der Waals surface area contributed by atoms with E-state index in [9.17, 15) is 37.2 Å². The van der Waals surface area contributed by atoms with Gasteiger partial charge in [0, 0.05) is 24.5 Å². The lowest BCUT2D eigenvalue weighted by Crippen LogP contribution is -2.61. The molecule has 2 bridgehead atoms. The minimum Gasteiger partial charge on any atom is -0.336 e. The third-order valence-electron chi connectivity index (χ3n) is 9.36. The maximum absolute atomic E-state index is 15.0. The van der Waals surface area contributed by atoms with Crippen LogP contribution in [-0.2, 0) is 26.3 Å². The molecule has 40 heavy (non-hydrogen) atoms. The van der Waals surface area contributed by atoms with Crippen LogP contribution >= 0.6 is 0 Å². The first-order valence-electron chi connectivity index (χ1n) is 13.7. The third-order valence-corrected chi connectivity index (χ3v) is 9.36. The summed E-state index contributed by atoms with van der Waals surface area (Å²) in [5.41, 5.74) is -1.11. The van der Waals surface area contributed by atoms with E-state index in [0.717, 1.165) is 5.56 Å². The molecule has 2 N–H and O–H groups in total. The van der Waals surface area contributed by atoms with E-state index in [1.807, 2.05) is 5.32 Å². The first kappa shape index (κ1) is 28.3. The molecule has 12 heteroatoms. The van der Waals surface area contributed by atoms with Gasteiger partial charge in [-0.15, -0.1) is 0 Å². The summed E-state index contributed by atoms with van der Waals surface area (Å²) in [6.07, 6.45) is -0.680. The van der Waals surface area contributed by atoms with Crippen LogP contribution in [0.3, 0.4) is 0 Å². The number of nitrogens with zero attached hydrogens (tertiary/aromatic N) is 3. The van der Waals surface area contributed by atoms with Crippen molar-refractivity contribution in [3.63, 3.8) is 0 Å². The van der Waals surface area contributed by atoms with Gasteiger partial charge in [0.25, 0.3) is 0 Å². The van der Waals surface area contributed by atoms with Crippen molar-refractivity contribution in [2.24, 2.45) is 29.1 Å². The van der Waals surface area contributed by atoms with Crippen LogP contribution in [0.4, 0.5) is 17.6 Å². The number of nitriles is 1. The predicted molar refractivity (Wildman–Crippen MR) is 134 cm³/mol. The SMILES string of the molecule is CC(C)(C)C(NC(=O)C(F)(F)F)C(=O)N1CC2C3CC(F)C(C3)C2C1C(=O)NC1(C#N)CCCc2ccncc21. The van der Waals surface area contributed by atoms with Crippen molar-refractivity contribution in [1.82, 2.24) is 20.5 Å². The average Bonchev–Trinajstić information content (AvgIpc) is 3.55. The van der Waals surface area contributed by atoms with Gasteiger partial charge in [-0.2, -0.15) is 18.4 Å². The Morgan fingerprint density at radius 2 is 1.93 bits per heavy atom. The van der Waals surface area contributed by atoms with Gasteiger partial charge in [0.05, 0.1) is 6.07 Å². The Morgan fingerprint density at radius 3 is 2.58 bits per heavy atom. The fourth-order valence-corrected chi connectivity index (χ4v) is 7.56. The summed E-state index contributed by atoms with van der Waals surface area (Å²) in [5, 5.41) is 15.0. The fourth-order valence-electron chi connectivity index (χ4n) is 7.56. The molecule has 8 atom stereocenters. The van der Waals surface area contributed by atoms with Crippen molar-refractivity contribution < 1.29 is 31.9 Å². The van der Waals surface area contributed by atoms with E-state index < -0.39 is 64.9 Å². The molecule has 8 nitrogen and oxygen atoms in total. The Bertz CT molecular complexity index is 1260. The second-order valence-corrected chi connectivity index (χ2v) is 12.8. The van der Waals surface area contributed by atoms with Gasteiger partial charge in [0.15, 0.2) is 5.54 Å². The number of fused-ring (bicyclic) bond motifs is 6. The third kappa shape index (κ3) is 4.61. The topological polar surface area (TPSA) is 115 Å². The van der Waals surface area contributed by atoms with E-state index in [-0.39, 0.29) is 18.4 Å². The number of alkyl halides is 4. The normalized spacial score (nSPS) is 33.5. The molecule has 1 aromatic heterocycles. The summed E-state index contributed by atoms with van der Waals surface area (Å²) in [6, 6.07) is 1.25. The van der Waals surface area contributed by atoms with Crippen LogP contribution in [0.5, 0.6) is 0 Å². The van der Waals surface area contributed by atoms with Gasteiger partial charge in [0.1, 0.15) is 18.3 Å². The number of carbonyl (C=O) groups is 3. The Balaban J connectivity index is 1.50. The van der Waals surface area contributed by atoms with Crippen molar-refractivity contribution >= 4 is 17.7 Å². The highest BCUT2D eigenvalue weighted by Gasteiger charge is 2.63. The number of aryl methyl sites for hydroxylation is 1. The van der Waals surface area contributed by atoms with Crippen LogP contribution < -0.4 is 10.6 Å². The Hall–Kier alpha value is -3.23. The first-order chi connectivity index (χ1) is 18.7. The summed E-state index contributed by atoms with van der Waals surface area (Å²) in [5.74, 6) is -4.99. The zero-order chi connectivity index (χ0) is 29.2. The molecule has 2 saturated carbocycles. The Labute approximate surface area is 229 Å². The second-order valence-electron chi connectivity index (χ2n) is 12.8. The summed E-state index contributed by atoms with van der Waals surface area (Å²) in [7, 11) is 0. The predicted octanol–water partition coefficient (Wildman–Crippen LogP) is 3.17. The van der Waals surface area contributed by atoms with Crippen molar-refractivity contribution in [1.29, 1.82) is 5.26 Å². The standard InChI is InChI=1S/C28H33F4N5O3/c1-26(2,3)22(35-25(40)28(30,31)32)24(39)37-12-17-15-9-16(19(29)10-15)20(17)21(37)23(38)36-27(13-33)7-4-5-14-6-8-34-11-18(14)27/h6,8,11,15-17,19-22H,4-5,7,9-10,12H2,1-3H3,(H,35,40)(H,36,38). The molecule has 0 radical (unpaired) electrons. The number of halogens is 4. The molecule has 1 saturated heterocycles. The van der Waals surface area contributed by atoms with Crippen LogP contribution in [0.1, 0.15) is 57.6 Å². The van der Waals surface area contributed by atoms with Gasteiger partial charge in [-0.05, 0) is 72.8 Å². The van der Waals surface area contributed by atoms with Gasteiger partial charge in [0.2, 0.25) is 11.8 Å².